The highest BCUT2D eigenvalue weighted by atomic mass is 35.5. The van der Waals surface area contributed by atoms with Gasteiger partial charge < -0.3 is 0 Å². The van der Waals surface area contributed by atoms with Crippen molar-refractivity contribution in [1.29, 1.82) is 0 Å². The minimum absolute atomic E-state index is 0.0269. The van der Waals surface area contributed by atoms with Gasteiger partial charge in [0.25, 0.3) is 0 Å². The molecule has 0 aliphatic heterocycles. The maximum Gasteiger partial charge on any atom is 0.171 e. The van der Waals surface area contributed by atoms with Gasteiger partial charge in [0.15, 0.2) is 17.4 Å². The van der Waals surface area contributed by atoms with Gasteiger partial charge in [0, 0.05) is 19.5 Å². The van der Waals surface area contributed by atoms with Crippen molar-refractivity contribution in [2.75, 3.05) is 0 Å². The Bertz CT molecular complexity index is 462. The number of hydrogen-bond donors (Lipinski definition) is 0. The highest BCUT2D eigenvalue weighted by molar-refractivity contribution is 6.44. The summed E-state index contributed by atoms with van der Waals surface area (Å²) in [6.07, 6.45) is 1.56. The van der Waals surface area contributed by atoms with Gasteiger partial charge in [-0.05, 0) is 6.92 Å². The monoisotopic (exact) mass is 241 g/mol. The van der Waals surface area contributed by atoms with Crippen molar-refractivity contribution in [3.05, 3.63) is 22.8 Å². The van der Waals surface area contributed by atoms with E-state index in [1.807, 2.05) is 0 Å². The maximum absolute atomic E-state index is 11.7. The molecule has 0 saturated carbocycles. The first-order valence-corrected chi connectivity index (χ1v) is 5.04. The number of ketones is 2. The Morgan fingerprint density at radius 3 is 2.50 bits per heavy atom. The Labute approximate surface area is 98.1 Å². The number of carbonyl (C=O) groups excluding carboxylic acids is 2. The third-order valence-electron chi connectivity index (χ3n) is 2.02. The van der Waals surface area contributed by atoms with Crippen LogP contribution < -0.4 is 0 Å². The van der Waals surface area contributed by atoms with Crippen LogP contribution in [0.15, 0.2) is 16.9 Å². The average molecular weight is 242 g/mol. The number of aromatic nitrogens is 3. The van der Waals surface area contributed by atoms with E-state index >= 15 is 0 Å². The molecule has 0 atom stereocenters. The fourth-order valence-corrected chi connectivity index (χ4v) is 1.23. The molecule has 0 spiro atoms. The molecule has 0 aliphatic carbocycles. The molecule has 16 heavy (non-hydrogen) atoms. The summed E-state index contributed by atoms with van der Waals surface area (Å²) < 4.78 is 1.51. The van der Waals surface area contributed by atoms with Gasteiger partial charge >= 0.3 is 0 Å². The van der Waals surface area contributed by atoms with E-state index in [1.54, 1.807) is 7.05 Å². The molecule has 0 amide bonds. The second kappa shape index (κ2) is 5.03. The molecule has 0 aliphatic rings. The Morgan fingerprint density at radius 2 is 2.06 bits per heavy atom. The minimum Gasteiger partial charge on any atom is -0.294 e. The molecule has 1 heterocycles. The fourth-order valence-electron chi connectivity index (χ4n) is 1.13. The smallest absolute Gasteiger partial charge is 0.171 e. The predicted octanol–water partition coefficient (Wildman–Crippen LogP) is 1.03. The lowest BCUT2D eigenvalue weighted by Crippen LogP contribution is -2.09. The first-order chi connectivity index (χ1) is 7.41. The van der Waals surface area contributed by atoms with Crippen molar-refractivity contribution >= 4 is 23.2 Å². The third kappa shape index (κ3) is 3.00. The minimum atomic E-state index is -0.318. The predicted molar refractivity (Wildman–Crippen MR) is 58.9 cm³/mol. The zero-order valence-electron chi connectivity index (χ0n) is 9.32. The first-order valence-electron chi connectivity index (χ1n) is 4.67. The summed E-state index contributed by atoms with van der Waals surface area (Å²) in [5.74, 6) is -0.146. The van der Waals surface area contributed by atoms with Crippen LogP contribution in [0.1, 0.15) is 19.7 Å². The van der Waals surface area contributed by atoms with Crippen LogP contribution in [0.25, 0.3) is 0 Å². The number of rotatable bonds is 4. The highest BCUT2D eigenvalue weighted by Crippen LogP contribution is 2.12. The molecular formula is C10H12ClN3O2. The van der Waals surface area contributed by atoms with Gasteiger partial charge in [-0.25, -0.2) is 4.98 Å². The van der Waals surface area contributed by atoms with E-state index in [1.165, 1.54) is 24.9 Å². The van der Waals surface area contributed by atoms with Crippen LogP contribution >= 0.6 is 11.6 Å². The number of carbonyl (C=O) groups is 2. The van der Waals surface area contributed by atoms with Crippen molar-refractivity contribution in [2.45, 2.75) is 20.3 Å². The van der Waals surface area contributed by atoms with E-state index in [4.69, 9.17) is 11.6 Å². The Balaban J connectivity index is 2.81. The lowest BCUT2D eigenvalue weighted by Gasteiger charge is -2.00. The van der Waals surface area contributed by atoms with Crippen molar-refractivity contribution in [3.63, 3.8) is 0 Å². The van der Waals surface area contributed by atoms with E-state index in [9.17, 15) is 9.59 Å². The molecule has 5 nitrogen and oxygen atoms in total. The Morgan fingerprint density at radius 1 is 1.44 bits per heavy atom. The molecule has 86 valence electrons. The Kier molecular flexibility index (Phi) is 3.95. The van der Waals surface area contributed by atoms with E-state index in [-0.39, 0.29) is 28.6 Å². The zero-order chi connectivity index (χ0) is 12.3. The summed E-state index contributed by atoms with van der Waals surface area (Å²) in [5.41, 5.74) is 0.251. The molecule has 1 rings (SSSR count). The lowest BCUT2D eigenvalue weighted by molar-refractivity contribution is -0.116. The number of hydrogen-bond acceptors (Lipinski definition) is 4. The van der Waals surface area contributed by atoms with Crippen molar-refractivity contribution < 1.29 is 9.59 Å². The number of aryl methyl sites for hydroxylation is 1. The lowest BCUT2D eigenvalue weighted by atomic mass is 10.1. The summed E-state index contributed by atoms with van der Waals surface area (Å²) in [5, 5.41) is 3.94. The largest absolute Gasteiger partial charge is 0.294 e. The number of Topliss-reactive ketones (excluding diaryl/α,β-unsaturated/α-hetero) is 2. The number of allylic oxidation sites excluding steroid dienone is 2. The first kappa shape index (κ1) is 12.6. The number of halogens is 1. The van der Waals surface area contributed by atoms with Crippen LogP contribution in [0.3, 0.4) is 0 Å². The molecule has 0 radical (unpaired) electrons. The maximum atomic E-state index is 11.7. The van der Waals surface area contributed by atoms with Crippen LogP contribution in [0.5, 0.6) is 0 Å². The van der Waals surface area contributed by atoms with Gasteiger partial charge in [-0.2, -0.15) is 5.10 Å². The normalized spacial score (nSPS) is 12.2. The summed E-state index contributed by atoms with van der Waals surface area (Å²) in [6, 6.07) is 0. The summed E-state index contributed by atoms with van der Waals surface area (Å²) in [4.78, 5) is 26.6. The topological polar surface area (TPSA) is 64.8 Å². The van der Waals surface area contributed by atoms with Crippen LogP contribution in [-0.4, -0.2) is 26.3 Å². The second-order valence-corrected chi connectivity index (χ2v) is 3.81. The third-order valence-corrected chi connectivity index (χ3v) is 2.57. The quantitative estimate of drug-likeness (QED) is 0.739. The van der Waals surface area contributed by atoms with Crippen molar-refractivity contribution in [3.8, 4) is 0 Å². The summed E-state index contributed by atoms with van der Waals surface area (Å²) in [6.45, 7) is 2.84. The molecule has 0 bridgehead atoms. The molecule has 6 heteroatoms. The van der Waals surface area contributed by atoms with Gasteiger partial charge in [-0.15, -0.1) is 0 Å². The van der Waals surface area contributed by atoms with Crippen LogP contribution in [0.4, 0.5) is 0 Å². The van der Waals surface area contributed by atoms with Gasteiger partial charge in [-0.1, -0.05) is 11.6 Å². The van der Waals surface area contributed by atoms with E-state index < -0.39 is 0 Å². The molecular weight excluding hydrogens is 230 g/mol. The van der Waals surface area contributed by atoms with Crippen LogP contribution in [-0.2, 0) is 23.1 Å². The van der Waals surface area contributed by atoms with E-state index in [0.717, 1.165) is 0 Å². The van der Waals surface area contributed by atoms with Gasteiger partial charge in [-0.3, -0.25) is 14.3 Å². The van der Waals surface area contributed by atoms with Crippen molar-refractivity contribution in [2.24, 2.45) is 7.05 Å². The second-order valence-electron chi connectivity index (χ2n) is 3.43. The Hall–Kier alpha value is -1.49. The molecule has 0 unspecified atom stereocenters. The van der Waals surface area contributed by atoms with Gasteiger partial charge in [0.1, 0.15) is 6.33 Å². The van der Waals surface area contributed by atoms with Crippen LogP contribution in [0.2, 0.25) is 0 Å². The molecule has 1 aromatic rings. The molecule has 0 saturated heterocycles. The summed E-state index contributed by atoms with van der Waals surface area (Å²) in [7, 11) is 1.71. The average Bonchev–Trinajstić information content (AvgIpc) is 2.61. The SMILES string of the molecule is CC(=O)/C(Cl)=C(/C)C(=O)Cc1ncn(C)n1. The van der Waals surface area contributed by atoms with E-state index in [0.29, 0.717) is 5.82 Å². The standard InChI is InChI=1S/C10H12ClN3O2/c1-6(10(11)7(2)15)8(16)4-9-12-5-14(3)13-9/h5H,4H2,1-3H3/b10-6+. The van der Waals surface area contributed by atoms with Crippen molar-refractivity contribution in [1.82, 2.24) is 14.8 Å². The fraction of sp³-hybridized carbons (Fsp3) is 0.400. The molecule has 1 aromatic heterocycles. The van der Waals surface area contributed by atoms with Gasteiger partial charge in [0.05, 0.1) is 11.5 Å². The molecule has 0 aromatic carbocycles. The number of nitrogens with zero attached hydrogens (tertiary/aromatic N) is 3. The zero-order valence-corrected chi connectivity index (χ0v) is 10.1. The van der Waals surface area contributed by atoms with Gasteiger partial charge in [0.2, 0.25) is 0 Å². The highest BCUT2D eigenvalue weighted by Gasteiger charge is 2.14. The van der Waals surface area contributed by atoms with Crippen LogP contribution in [0, 0.1) is 0 Å². The van der Waals surface area contributed by atoms with E-state index in [2.05, 4.69) is 10.1 Å². The summed E-state index contributed by atoms with van der Waals surface area (Å²) >= 11 is 5.70. The molecule has 0 fully saturated rings. The molecule has 0 N–H and O–H groups in total.